The van der Waals surface area contributed by atoms with Crippen LogP contribution in [0.15, 0.2) is 36.4 Å². The smallest absolute Gasteiger partial charge is 0.270 e. The molecule has 2 aromatic carbocycles. The third kappa shape index (κ3) is 4.52. The van der Waals surface area contributed by atoms with E-state index in [1.165, 1.54) is 18.2 Å². The molecule has 0 saturated carbocycles. The number of nitriles is 1. The predicted molar refractivity (Wildman–Crippen MR) is 100 cm³/mol. The fourth-order valence-corrected chi connectivity index (χ4v) is 2.63. The van der Waals surface area contributed by atoms with E-state index in [0.717, 1.165) is 0 Å². The summed E-state index contributed by atoms with van der Waals surface area (Å²) in [6.45, 7) is 4.55. The van der Waals surface area contributed by atoms with Gasteiger partial charge in [0.25, 0.3) is 5.69 Å². The largest absolute Gasteiger partial charge is 0.490 e. The first kappa shape index (κ1) is 19.3. The van der Waals surface area contributed by atoms with Crippen LogP contribution in [-0.4, -0.2) is 18.1 Å². The van der Waals surface area contributed by atoms with E-state index in [0.29, 0.717) is 40.9 Å². The molecule has 0 aromatic heterocycles. The van der Waals surface area contributed by atoms with E-state index in [2.05, 4.69) is 6.07 Å². The zero-order valence-corrected chi connectivity index (χ0v) is 15.1. The van der Waals surface area contributed by atoms with Crippen LogP contribution in [0.1, 0.15) is 25.0 Å². The van der Waals surface area contributed by atoms with Crippen LogP contribution in [0.5, 0.6) is 11.5 Å². The lowest BCUT2D eigenvalue weighted by Crippen LogP contribution is -1.99. The second-order valence-corrected chi connectivity index (χ2v) is 5.58. The van der Waals surface area contributed by atoms with Crippen molar-refractivity contribution in [2.24, 2.45) is 0 Å². The zero-order chi connectivity index (χ0) is 19.1. The normalized spacial score (nSPS) is 10.9. The van der Waals surface area contributed by atoms with E-state index >= 15 is 0 Å². The first-order chi connectivity index (χ1) is 12.5. The first-order valence-electron chi connectivity index (χ1n) is 7.95. The number of benzene rings is 2. The van der Waals surface area contributed by atoms with E-state index in [9.17, 15) is 15.4 Å². The number of non-ortho nitro benzene ring substituents is 1. The molecule has 7 heteroatoms. The van der Waals surface area contributed by atoms with Crippen molar-refractivity contribution in [1.29, 1.82) is 5.26 Å². The molecule has 0 aliphatic rings. The fourth-order valence-electron chi connectivity index (χ4n) is 2.35. The van der Waals surface area contributed by atoms with Crippen molar-refractivity contribution >= 4 is 28.9 Å². The van der Waals surface area contributed by atoms with E-state index in [4.69, 9.17) is 21.1 Å². The molecule has 0 radical (unpaired) electrons. The van der Waals surface area contributed by atoms with Crippen LogP contribution in [0.2, 0.25) is 5.02 Å². The standard InChI is InChI=1S/C19H17ClN2O4/c1-3-25-18-10-13(9-17(20)19(18)26-4-2)8-15(12-21)14-6-5-7-16(11-14)22(23)24/h5-11H,3-4H2,1-2H3/b15-8-. The van der Waals surface area contributed by atoms with Gasteiger partial charge in [-0.05, 0) is 43.2 Å². The summed E-state index contributed by atoms with van der Waals surface area (Å²) in [7, 11) is 0. The van der Waals surface area contributed by atoms with Gasteiger partial charge in [0, 0.05) is 12.1 Å². The Balaban J connectivity index is 2.50. The van der Waals surface area contributed by atoms with Gasteiger partial charge < -0.3 is 9.47 Å². The maximum absolute atomic E-state index is 10.9. The summed E-state index contributed by atoms with van der Waals surface area (Å²) in [4.78, 5) is 10.4. The molecular weight excluding hydrogens is 356 g/mol. The molecule has 0 fully saturated rings. The number of allylic oxidation sites excluding steroid dienone is 1. The predicted octanol–water partition coefficient (Wildman–Crippen LogP) is 5.11. The topological polar surface area (TPSA) is 85.4 Å². The SMILES string of the molecule is CCOc1cc(/C=C(/C#N)c2cccc([N+](=O)[O-])c2)cc(Cl)c1OCC. The lowest BCUT2D eigenvalue weighted by molar-refractivity contribution is -0.384. The average molecular weight is 373 g/mol. The highest BCUT2D eigenvalue weighted by Gasteiger charge is 2.13. The Morgan fingerprint density at radius 3 is 2.62 bits per heavy atom. The van der Waals surface area contributed by atoms with Crippen molar-refractivity contribution in [1.82, 2.24) is 0 Å². The second kappa shape index (κ2) is 8.88. The van der Waals surface area contributed by atoms with E-state index < -0.39 is 4.92 Å². The number of ether oxygens (including phenoxy) is 2. The van der Waals surface area contributed by atoms with Gasteiger partial charge in [-0.3, -0.25) is 10.1 Å². The molecule has 0 bridgehead atoms. The molecule has 0 N–H and O–H groups in total. The summed E-state index contributed by atoms with van der Waals surface area (Å²) in [5.74, 6) is 0.923. The minimum absolute atomic E-state index is 0.0802. The van der Waals surface area contributed by atoms with Gasteiger partial charge in [0.05, 0.1) is 34.8 Å². The van der Waals surface area contributed by atoms with Gasteiger partial charge in [-0.2, -0.15) is 5.26 Å². The van der Waals surface area contributed by atoms with Crippen LogP contribution in [-0.2, 0) is 0 Å². The highest BCUT2D eigenvalue weighted by Crippen LogP contribution is 2.37. The molecule has 0 amide bonds. The zero-order valence-electron chi connectivity index (χ0n) is 14.4. The van der Waals surface area contributed by atoms with Crippen molar-refractivity contribution in [3.05, 3.63) is 62.7 Å². The molecular formula is C19H17ClN2O4. The van der Waals surface area contributed by atoms with Crippen molar-refractivity contribution in [2.45, 2.75) is 13.8 Å². The lowest BCUT2D eigenvalue weighted by atomic mass is 10.0. The number of hydrogen-bond acceptors (Lipinski definition) is 5. The van der Waals surface area contributed by atoms with Crippen molar-refractivity contribution in [3.8, 4) is 17.6 Å². The summed E-state index contributed by atoms with van der Waals surface area (Å²) in [6, 6.07) is 11.3. The third-order valence-corrected chi connectivity index (χ3v) is 3.70. The molecule has 6 nitrogen and oxygen atoms in total. The number of hydrogen-bond donors (Lipinski definition) is 0. The maximum Gasteiger partial charge on any atom is 0.270 e. The molecule has 0 heterocycles. The van der Waals surface area contributed by atoms with Crippen LogP contribution >= 0.6 is 11.6 Å². The van der Waals surface area contributed by atoms with E-state index in [1.807, 2.05) is 13.8 Å². The van der Waals surface area contributed by atoms with Crippen molar-refractivity contribution in [3.63, 3.8) is 0 Å². The Hall–Kier alpha value is -3.04. The monoisotopic (exact) mass is 372 g/mol. The summed E-state index contributed by atoms with van der Waals surface area (Å²) < 4.78 is 11.1. The summed E-state index contributed by atoms with van der Waals surface area (Å²) in [5.41, 5.74) is 1.27. The number of nitrogens with zero attached hydrogens (tertiary/aromatic N) is 2. The minimum atomic E-state index is -0.501. The minimum Gasteiger partial charge on any atom is -0.490 e. The van der Waals surface area contributed by atoms with Crippen LogP contribution in [0.4, 0.5) is 5.69 Å². The molecule has 0 spiro atoms. The maximum atomic E-state index is 10.9. The Kier molecular flexibility index (Phi) is 6.59. The van der Waals surface area contributed by atoms with Crippen LogP contribution in [0.3, 0.4) is 0 Å². The van der Waals surface area contributed by atoms with Gasteiger partial charge in [0.2, 0.25) is 0 Å². The fraction of sp³-hybridized carbons (Fsp3) is 0.211. The van der Waals surface area contributed by atoms with Gasteiger partial charge in [0.1, 0.15) is 0 Å². The Morgan fingerprint density at radius 1 is 1.27 bits per heavy atom. The van der Waals surface area contributed by atoms with Crippen molar-refractivity contribution in [2.75, 3.05) is 13.2 Å². The van der Waals surface area contributed by atoms with E-state index in [-0.39, 0.29) is 11.3 Å². The molecule has 0 aliphatic carbocycles. The molecule has 26 heavy (non-hydrogen) atoms. The first-order valence-corrected chi connectivity index (χ1v) is 8.33. The Morgan fingerprint density at radius 2 is 2.00 bits per heavy atom. The van der Waals surface area contributed by atoms with E-state index in [1.54, 1.807) is 24.3 Å². The quantitative estimate of drug-likeness (QED) is 0.292. The second-order valence-electron chi connectivity index (χ2n) is 5.17. The van der Waals surface area contributed by atoms with Gasteiger partial charge in [0.15, 0.2) is 11.5 Å². The number of rotatable bonds is 7. The average Bonchev–Trinajstić information content (AvgIpc) is 2.63. The van der Waals surface area contributed by atoms with Gasteiger partial charge in [-0.25, -0.2) is 0 Å². The summed E-state index contributed by atoms with van der Waals surface area (Å²) in [6.07, 6.45) is 1.60. The molecule has 2 aromatic rings. The number of halogens is 1. The molecule has 0 unspecified atom stereocenters. The molecule has 0 saturated heterocycles. The molecule has 134 valence electrons. The number of nitro benzene ring substituents is 1. The third-order valence-electron chi connectivity index (χ3n) is 3.42. The van der Waals surface area contributed by atoms with Crippen molar-refractivity contribution < 1.29 is 14.4 Å². The Bertz CT molecular complexity index is 888. The molecule has 2 rings (SSSR count). The van der Waals surface area contributed by atoms with Crippen LogP contribution in [0.25, 0.3) is 11.6 Å². The Labute approximate surface area is 156 Å². The lowest BCUT2D eigenvalue weighted by Gasteiger charge is -2.13. The summed E-state index contributed by atoms with van der Waals surface area (Å²) in [5, 5.41) is 20.8. The number of nitro groups is 1. The van der Waals surface area contributed by atoms with Gasteiger partial charge >= 0.3 is 0 Å². The van der Waals surface area contributed by atoms with Crippen LogP contribution < -0.4 is 9.47 Å². The highest BCUT2D eigenvalue weighted by atomic mass is 35.5. The highest BCUT2D eigenvalue weighted by molar-refractivity contribution is 6.32. The molecule has 0 aliphatic heterocycles. The molecule has 0 atom stereocenters. The van der Waals surface area contributed by atoms with Crippen LogP contribution in [0, 0.1) is 21.4 Å². The van der Waals surface area contributed by atoms with Gasteiger partial charge in [-0.15, -0.1) is 0 Å². The summed E-state index contributed by atoms with van der Waals surface area (Å²) >= 11 is 6.28. The van der Waals surface area contributed by atoms with Gasteiger partial charge in [-0.1, -0.05) is 23.7 Å².